The number of carbonyl (C=O) groups is 1. The molecular formula is C27H30N6O2. The molecule has 2 aromatic carbocycles. The highest BCUT2D eigenvalue weighted by Gasteiger charge is 2.28. The van der Waals surface area contributed by atoms with Crippen LogP contribution in [-0.2, 0) is 11.3 Å². The summed E-state index contributed by atoms with van der Waals surface area (Å²) < 4.78 is 7.33. The van der Waals surface area contributed by atoms with Gasteiger partial charge in [0.15, 0.2) is 5.65 Å². The number of fused-ring (bicyclic) bond motifs is 1. The van der Waals surface area contributed by atoms with Gasteiger partial charge in [0, 0.05) is 25.8 Å². The number of hydrogen-bond donors (Lipinski definition) is 1. The second kappa shape index (κ2) is 10.1. The van der Waals surface area contributed by atoms with Crippen molar-refractivity contribution in [1.82, 2.24) is 25.1 Å². The lowest BCUT2D eigenvalue weighted by molar-refractivity contribution is -0.125. The van der Waals surface area contributed by atoms with Crippen molar-refractivity contribution in [3.05, 3.63) is 72.2 Å². The van der Waals surface area contributed by atoms with Crippen molar-refractivity contribution >= 4 is 22.8 Å². The second-order valence-electron chi connectivity index (χ2n) is 8.92. The van der Waals surface area contributed by atoms with Crippen molar-refractivity contribution in [3.8, 4) is 11.4 Å². The largest absolute Gasteiger partial charge is 0.494 e. The number of amides is 1. The maximum absolute atomic E-state index is 13.0. The van der Waals surface area contributed by atoms with Crippen molar-refractivity contribution in [1.29, 1.82) is 0 Å². The number of nitrogens with zero attached hydrogens (tertiary/aromatic N) is 5. The van der Waals surface area contributed by atoms with Gasteiger partial charge in [0.1, 0.15) is 17.9 Å². The monoisotopic (exact) mass is 470 g/mol. The number of anilines is 1. The highest BCUT2D eigenvalue weighted by molar-refractivity contribution is 5.87. The van der Waals surface area contributed by atoms with Gasteiger partial charge in [0.05, 0.1) is 23.6 Å². The molecule has 0 radical (unpaired) electrons. The van der Waals surface area contributed by atoms with Gasteiger partial charge >= 0.3 is 0 Å². The van der Waals surface area contributed by atoms with Crippen LogP contribution in [0.3, 0.4) is 0 Å². The zero-order chi connectivity index (χ0) is 24.2. The first-order chi connectivity index (χ1) is 17.1. The quantitative estimate of drug-likeness (QED) is 0.439. The molecule has 180 valence electrons. The van der Waals surface area contributed by atoms with E-state index >= 15 is 0 Å². The molecule has 1 amide bonds. The van der Waals surface area contributed by atoms with E-state index in [1.807, 2.05) is 54.2 Å². The molecular weight excluding hydrogens is 440 g/mol. The van der Waals surface area contributed by atoms with Crippen LogP contribution in [-0.4, -0.2) is 45.4 Å². The molecule has 1 saturated heterocycles. The molecule has 0 saturated carbocycles. The SMILES string of the molecule is CCOc1ccc(CNC(=O)[C@@H]2CCCN(c3ncnc4nn(-c5ccc(C)cc5)cc34)C2)cc1. The summed E-state index contributed by atoms with van der Waals surface area (Å²) in [4.78, 5) is 24.1. The molecule has 1 N–H and O–H groups in total. The molecule has 1 aliphatic heterocycles. The van der Waals surface area contributed by atoms with Crippen LogP contribution in [0.15, 0.2) is 61.1 Å². The van der Waals surface area contributed by atoms with E-state index in [1.54, 1.807) is 6.33 Å². The predicted molar refractivity (Wildman–Crippen MR) is 136 cm³/mol. The van der Waals surface area contributed by atoms with Crippen molar-refractivity contribution in [3.63, 3.8) is 0 Å². The fourth-order valence-electron chi connectivity index (χ4n) is 4.49. The topological polar surface area (TPSA) is 85.2 Å². The minimum Gasteiger partial charge on any atom is -0.494 e. The summed E-state index contributed by atoms with van der Waals surface area (Å²) in [5.74, 6) is 1.65. The lowest BCUT2D eigenvalue weighted by Gasteiger charge is -2.33. The van der Waals surface area contributed by atoms with Gasteiger partial charge in [0.25, 0.3) is 0 Å². The Bertz CT molecular complexity index is 1300. The summed E-state index contributed by atoms with van der Waals surface area (Å²) in [6, 6.07) is 16.1. The third-order valence-electron chi connectivity index (χ3n) is 6.39. The summed E-state index contributed by atoms with van der Waals surface area (Å²) >= 11 is 0. The summed E-state index contributed by atoms with van der Waals surface area (Å²) in [6.45, 7) is 6.64. The molecule has 0 spiro atoms. The van der Waals surface area contributed by atoms with Crippen LogP contribution in [0.1, 0.15) is 30.9 Å². The summed E-state index contributed by atoms with van der Waals surface area (Å²) in [5, 5.41) is 8.65. The number of benzene rings is 2. The third kappa shape index (κ3) is 5.11. The fourth-order valence-corrected chi connectivity index (χ4v) is 4.49. The van der Waals surface area contributed by atoms with Crippen molar-refractivity contribution in [2.75, 3.05) is 24.6 Å². The van der Waals surface area contributed by atoms with E-state index in [1.165, 1.54) is 5.56 Å². The maximum atomic E-state index is 13.0. The highest BCUT2D eigenvalue weighted by atomic mass is 16.5. The summed E-state index contributed by atoms with van der Waals surface area (Å²) in [7, 11) is 0. The number of hydrogen-bond acceptors (Lipinski definition) is 6. The lowest BCUT2D eigenvalue weighted by atomic mass is 9.97. The van der Waals surface area contributed by atoms with Gasteiger partial charge < -0.3 is 15.0 Å². The molecule has 4 aromatic rings. The van der Waals surface area contributed by atoms with E-state index in [0.717, 1.165) is 47.6 Å². The molecule has 5 rings (SSSR count). The maximum Gasteiger partial charge on any atom is 0.225 e. The Morgan fingerprint density at radius 1 is 1.11 bits per heavy atom. The predicted octanol–water partition coefficient (Wildman–Crippen LogP) is 4.06. The average Bonchev–Trinajstić information content (AvgIpc) is 3.33. The van der Waals surface area contributed by atoms with Crippen LogP contribution in [0.2, 0.25) is 0 Å². The number of carbonyl (C=O) groups excluding carboxylic acids is 1. The van der Waals surface area contributed by atoms with Gasteiger partial charge in [-0.2, -0.15) is 0 Å². The summed E-state index contributed by atoms with van der Waals surface area (Å²) in [5.41, 5.74) is 3.88. The molecule has 1 fully saturated rings. The molecule has 1 atom stereocenters. The van der Waals surface area contributed by atoms with E-state index in [2.05, 4.69) is 44.3 Å². The van der Waals surface area contributed by atoms with E-state index in [-0.39, 0.29) is 11.8 Å². The van der Waals surface area contributed by atoms with Crippen LogP contribution < -0.4 is 15.0 Å². The van der Waals surface area contributed by atoms with E-state index in [0.29, 0.717) is 25.3 Å². The first-order valence-electron chi connectivity index (χ1n) is 12.1. The van der Waals surface area contributed by atoms with Crippen molar-refractivity contribution in [2.45, 2.75) is 33.2 Å². The number of aromatic nitrogens is 4. The first kappa shape index (κ1) is 22.8. The zero-order valence-electron chi connectivity index (χ0n) is 20.1. The minimum atomic E-state index is -0.0939. The first-order valence-corrected chi connectivity index (χ1v) is 12.1. The van der Waals surface area contributed by atoms with Crippen molar-refractivity contribution in [2.24, 2.45) is 5.92 Å². The average molecular weight is 471 g/mol. The van der Waals surface area contributed by atoms with Crippen LogP contribution in [0.4, 0.5) is 5.82 Å². The molecule has 8 heteroatoms. The normalized spacial score (nSPS) is 15.8. The summed E-state index contributed by atoms with van der Waals surface area (Å²) in [6.07, 6.45) is 5.33. The minimum absolute atomic E-state index is 0.0734. The Balaban J connectivity index is 1.28. The number of rotatable bonds is 7. The van der Waals surface area contributed by atoms with Gasteiger partial charge in [-0.3, -0.25) is 4.79 Å². The van der Waals surface area contributed by atoms with Crippen LogP contribution >= 0.6 is 0 Å². The lowest BCUT2D eigenvalue weighted by Crippen LogP contribution is -2.43. The molecule has 1 aliphatic rings. The molecule has 0 bridgehead atoms. The van der Waals surface area contributed by atoms with Crippen molar-refractivity contribution < 1.29 is 9.53 Å². The van der Waals surface area contributed by atoms with Crippen LogP contribution in [0.5, 0.6) is 5.75 Å². The Kier molecular flexibility index (Phi) is 6.61. The third-order valence-corrected chi connectivity index (χ3v) is 6.39. The molecule has 0 aliphatic carbocycles. The smallest absolute Gasteiger partial charge is 0.225 e. The number of nitrogens with one attached hydrogen (secondary N) is 1. The molecule has 0 unspecified atom stereocenters. The highest BCUT2D eigenvalue weighted by Crippen LogP contribution is 2.28. The number of piperidine rings is 1. The number of ether oxygens (including phenoxy) is 1. The van der Waals surface area contributed by atoms with Gasteiger partial charge in [-0.1, -0.05) is 29.8 Å². The van der Waals surface area contributed by atoms with Crippen LogP contribution in [0, 0.1) is 12.8 Å². The Morgan fingerprint density at radius 3 is 2.69 bits per heavy atom. The van der Waals surface area contributed by atoms with Gasteiger partial charge in [-0.05, 0) is 56.5 Å². The van der Waals surface area contributed by atoms with Crippen LogP contribution in [0.25, 0.3) is 16.7 Å². The van der Waals surface area contributed by atoms with E-state index in [9.17, 15) is 4.79 Å². The Morgan fingerprint density at radius 2 is 1.91 bits per heavy atom. The number of aryl methyl sites for hydroxylation is 1. The van der Waals surface area contributed by atoms with E-state index < -0.39 is 0 Å². The van der Waals surface area contributed by atoms with Gasteiger partial charge in [0.2, 0.25) is 5.91 Å². The van der Waals surface area contributed by atoms with Gasteiger partial charge in [-0.15, -0.1) is 5.10 Å². The standard InChI is InChI=1S/C27H30N6O2/c1-3-35-23-12-8-20(9-13-23)15-28-27(34)21-5-4-14-32(16-21)26-24-17-33(31-25(24)29-18-30-26)22-10-6-19(2)7-11-22/h6-13,17-18,21H,3-5,14-16H2,1-2H3,(H,28,34)/t21-/m1/s1. The molecule has 2 aromatic heterocycles. The Hall–Kier alpha value is -3.94. The Labute approximate surface area is 205 Å². The van der Waals surface area contributed by atoms with E-state index in [4.69, 9.17) is 4.74 Å². The fraction of sp³-hybridized carbons (Fsp3) is 0.333. The zero-order valence-corrected chi connectivity index (χ0v) is 20.1. The molecule has 8 nitrogen and oxygen atoms in total. The molecule has 3 heterocycles. The second-order valence-corrected chi connectivity index (χ2v) is 8.92. The molecule has 35 heavy (non-hydrogen) atoms. The van der Waals surface area contributed by atoms with Gasteiger partial charge in [-0.25, -0.2) is 14.6 Å².